The quantitative estimate of drug-likeness (QED) is 0.279. The predicted molar refractivity (Wildman–Crippen MR) is 139 cm³/mol. The Balaban J connectivity index is 1.42. The third-order valence-electron chi connectivity index (χ3n) is 6.01. The van der Waals surface area contributed by atoms with Crippen molar-refractivity contribution in [1.29, 1.82) is 0 Å². The zero-order valence-electron chi connectivity index (χ0n) is 19.1. The number of nitrogens with zero attached hydrogens (tertiary/aromatic N) is 2. The molecule has 0 unspecified atom stereocenters. The minimum Gasteiger partial charge on any atom is -0.376 e. The van der Waals surface area contributed by atoms with Crippen molar-refractivity contribution in [2.75, 3.05) is 13.2 Å². The molecule has 1 N–H and O–H groups in total. The lowest BCUT2D eigenvalue weighted by Crippen LogP contribution is -2.33. The van der Waals surface area contributed by atoms with Gasteiger partial charge in [-0.2, -0.15) is 0 Å². The van der Waals surface area contributed by atoms with E-state index < -0.39 is 0 Å². The van der Waals surface area contributed by atoms with Gasteiger partial charge in [0.1, 0.15) is 4.70 Å². The van der Waals surface area contributed by atoms with Crippen molar-refractivity contribution in [3.05, 3.63) is 70.0 Å². The molecule has 8 heteroatoms. The molecule has 1 amide bonds. The first-order chi connectivity index (χ1) is 16.6. The highest BCUT2D eigenvalue weighted by Gasteiger charge is 2.19. The molecule has 2 aromatic heterocycles. The number of amides is 1. The van der Waals surface area contributed by atoms with Crippen LogP contribution in [0.25, 0.3) is 20.3 Å². The summed E-state index contributed by atoms with van der Waals surface area (Å²) in [7, 11) is 0. The normalized spacial score (nSPS) is 15.9. The first-order valence-corrected chi connectivity index (χ1v) is 13.4. The third kappa shape index (κ3) is 5.04. The van der Waals surface area contributed by atoms with E-state index in [1.807, 2.05) is 30.3 Å². The topological polar surface area (TPSA) is 73.2 Å². The summed E-state index contributed by atoms with van der Waals surface area (Å²) in [6, 6.07) is 16.3. The molecule has 3 heterocycles. The third-order valence-corrected chi connectivity index (χ3v) is 8.21. The molecule has 0 spiro atoms. The van der Waals surface area contributed by atoms with Crippen LogP contribution in [0.1, 0.15) is 30.4 Å². The summed E-state index contributed by atoms with van der Waals surface area (Å²) in [5, 5.41) is 4.60. The van der Waals surface area contributed by atoms with Crippen LogP contribution in [0.3, 0.4) is 0 Å². The zero-order chi connectivity index (χ0) is 23.5. The average molecular weight is 494 g/mol. The molecule has 5 rings (SSSR count). The monoisotopic (exact) mass is 493 g/mol. The van der Waals surface area contributed by atoms with E-state index in [0.29, 0.717) is 28.7 Å². The smallest absolute Gasteiger partial charge is 0.272 e. The minimum absolute atomic E-state index is 0.0755. The van der Waals surface area contributed by atoms with Crippen molar-refractivity contribution < 1.29 is 9.53 Å². The second-order valence-electron chi connectivity index (χ2n) is 8.59. The van der Waals surface area contributed by atoms with Crippen molar-refractivity contribution in [3.63, 3.8) is 0 Å². The molecular weight excluding hydrogens is 466 g/mol. The van der Waals surface area contributed by atoms with Gasteiger partial charge < -0.3 is 10.1 Å². The molecule has 1 aliphatic heterocycles. The van der Waals surface area contributed by atoms with Crippen LogP contribution >= 0.6 is 23.1 Å². The molecule has 34 heavy (non-hydrogen) atoms. The molecule has 0 saturated carbocycles. The van der Waals surface area contributed by atoms with E-state index >= 15 is 0 Å². The van der Waals surface area contributed by atoms with Gasteiger partial charge in [0.05, 0.1) is 11.6 Å². The number of thiophene rings is 1. The van der Waals surface area contributed by atoms with Gasteiger partial charge in [0.2, 0.25) is 5.91 Å². The lowest BCUT2D eigenvalue weighted by molar-refractivity contribution is -0.121. The van der Waals surface area contributed by atoms with E-state index in [4.69, 9.17) is 9.72 Å². The van der Waals surface area contributed by atoms with Gasteiger partial charge in [0.25, 0.3) is 5.56 Å². The summed E-state index contributed by atoms with van der Waals surface area (Å²) in [6.07, 6.45) is 2.34. The number of rotatable bonds is 8. The van der Waals surface area contributed by atoms with Crippen LogP contribution < -0.4 is 10.9 Å². The highest BCUT2D eigenvalue weighted by atomic mass is 32.2. The molecule has 176 valence electrons. The predicted octanol–water partition coefficient (Wildman–Crippen LogP) is 4.90. The van der Waals surface area contributed by atoms with Crippen molar-refractivity contribution in [2.24, 2.45) is 0 Å². The van der Waals surface area contributed by atoms with E-state index in [2.05, 4.69) is 30.4 Å². The molecule has 1 atom stereocenters. The Kier molecular flexibility index (Phi) is 6.99. The number of ether oxygens (including phenoxy) is 1. The average Bonchev–Trinajstić information content (AvgIpc) is 3.49. The minimum atomic E-state index is -0.0788. The van der Waals surface area contributed by atoms with Crippen molar-refractivity contribution >= 4 is 49.3 Å². The van der Waals surface area contributed by atoms with Gasteiger partial charge in [-0.1, -0.05) is 59.8 Å². The standard InChI is InChI=1S/C26H27N3O3S2/c1-17-6-4-7-18(14-17)16-33-26-28-23-20-9-2-3-10-21(20)34-24(23)25(31)29(26)12-11-22(30)27-15-19-8-5-13-32-19/h2-4,6-7,9-10,14,19H,5,8,11-13,15-16H2,1H3,(H,27,30)/t19-/m0/s1. The van der Waals surface area contributed by atoms with E-state index in [1.165, 1.54) is 22.5 Å². The van der Waals surface area contributed by atoms with Crippen molar-refractivity contribution in [3.8, 4) is 0 Å². The van der Waals surface area contributed by atoms with Crippen LogP contribution in [0, 0.1) is 6.92 Å². The van der Waals surface area contributed by atoms with E-state index in [1.54, 1.807) is 16.3 Å². The molecule has 1 aliphatic rings. The Morgan fingerprint density at radius 3 is 2.97 bits per heavy atom. The fourth-order valence-electron chi connectivity index (χ4n) is 4.25. The summed E-state index contributed by atoms with van der Waals surface area (Å²) in [4.78, 5) is 31.0. The highest BCUT2D eigenvalue weighted by Crippen LogP contribution is 2.32. The molecule has 6 nitrogen and oxygen atoms in total. The SMILES string of the molecule is Cc1cccc(CSc2nc3c(sc4ccccc43)c(=O)n2CCC(=O)NC[C@@H]2CCCO2)c1. The number of fused-ring (bicyclic) bond motifs is 3. The van der Waals surface area contributed by atoms with Crippen LogP contribution in [0.5, 0.6) is 0 Å². The number of aryl methyl sites for hydroxylation is 1. The fourth-order valence-corrected chi connectivity index (χ4v) is 6.30. The Hall–Kier alpha value is -2.68. The zero-order valence-corrected chi connectivity index (χ0v) is 20.7. The summed E-state index contributed by atoms with van der Waals surface area (Å²) in [5.41, 5.74) is 3.04. The maximum absolute atomic E-state index is 13.5. The fraction of sp³-hybridized carbons (Fsp3) is 0.346. The number of benzene rings is 2. The van der Waals surface area contributed by atoms with Gasteiger partial charge >= 0.3 is 0 Å². The molecule has 0 bridgehead atoms. The first-order valence-electron chi connectivity index (χ1n) is 11.6. The summed E-state index contributed by atoms with van der Waals surface area (Å²) < 4.78 is 8.94. The van der Waals surface area contributed by atoms with E-state index in [-0.39, 0.29) is 24.0 Å². The van der Waals surface area contributed by atoms with Gasteiger partial charge in [-0.25, -0.2) is 4.98 Å². The number of aromatic nitrogens is 2. The largest absolute Gasteiger partial charge is 0.376 e. The molecule has 0 radical (unpaired) electrons. The molecular formula is C26H27N3O3S2. The van der Waals surface area contributed by atoms with Gasteiger partial charge in [0.15, 0.2) is 5.16 Å². The summed E-state index contributed by atoms with van der Waals surface area (Å²) >= 11 is 3.01. The second-order valence-corrected chi connectivity index (χ2v) is 10.6. The Morgan fingerprint density at radius 1 is 1.26 bits per heavy atom. The Bertz CT molecular complexity index is 1390. The molecule has 1 saturated heterocycles. The van der Waals surface area contributed by atoms with E-state index in [0.717, 1.165) is 35.1 Å². The van der Waals surface area contributed by atoms with Crippen molar-refractivity contribution in [2.45, 2.75) is 49.7 Å². The molecule has 2 aromatic carbocycles. The maximum Gasteiger partial charge on any atom is 0.272 e. The number of carbonyl (C=O) groups is 1. The van der Waals surface area contributed by atoms with Crippen molar-refractivity contribution in [1.82, 2.24) is 14.9 Å². The van der Waals surface area contributed by atoms with Crippen LogP contribution in [0.2, 0.25) is 0 Å². The number of hydrogen-bond acceptors (Lipinski definition) is 6. The van der Waals surface area contributed by atoms with Gasteiger partial charge in [0, 0.05) is 42.0 Å². The number of carbonyl (C=O) groups excluding carboxylic acids is 1. The number of thioether (sulfide) groups is 1. The Labute approximate surface area is 206 Å². The van der Waals surface area contributed by atoms with Crippen LogP contribution in [0.4, 0.5) is 0 Å². The highest BCUT2D eigenvalue weighted by molar-refractivity contribution is 7.98. The van der Waals surface area contributed by atoms with Crippen LogP contribution in [-0.4, -0.2) is 34.7 Å². The lowest BCUT2D eigenvalue weighted by atomic mass is 10.2. The number of nitrogens with one attached hydrogen (secondary N) is 1. The molecule has 4 aromatic rings. The number of hydrogen-bond donors (Lipinski definition) is 1. The first kappa shape index (κ1) is 23.1. The van der Waals surface area contributed by atoms with E-state index in [9.17, 15) is 9.59 Å². The van der Waals surface area contributed by atoms with Crippen LogP contribution in [0.15, 0.2) is 58.5 Å². The lowest BCUT2D eigenvalue weighted by Gasteiger charge is -2.14. The Morgan fingerprint density at radius 2 is 2.15 bits per heavy atom. The summed E-state index contributed by atoms with van der Waals surface area (Å²) in [5.74, 6) is 0.626. The van der Waals surface area contributed by atoms with Gasteiger partial charge in [-0.3, -0.25) is 14.2 Å². The summed E-state index contributed by atoms with van der Waals surface area (Å²) in [6.45, 7) is 3.65. The van der Waals surface area contributed by atoms with Gasteiger partial charge in [-0.05, 0) is 31.4 Å². The van der Waals surface area contributed by atoms with Gasteiger partial charge in [-0.15, -0.1) is 11.3 Å². The molecule has 1 fully saturated rings. The molecule has 0 aliphatic carbocycles. The van der Waals surface area contributed by atoms with Crippen LogP contribution in [-0.2, 0) is 21.8 Å². The maximum atomic E-state index is 13.5. The second kappa shape index (κ2) is 10.3.